The molecule has 1 amide bonds. The quantitative estimate of drug-likeness (QED) is 0.388. The van der Waals surface area contributed by atoms with Crippen LogP contribution in [0.2, 0.25) is 0 Å². The van der Waals surface area contributed by atoms with E-state index in [0.29, 0.717) is 16.1 Å². The van der Waals surface area contributed by atoms with E-state index in [2.05, 4.69) is 20.0 Å². The second kappa shape index (κ2) is 9.15. The second-order valence-electron chi connectivity index (χ2n) is 7.24. The molecular weight excluding hydrogens is 444 g/mol. The molecule has 0 radical (unpaired) electrons. The number of thiazole rings is 1. The highest BCUT2D eigenvalue weighted by Crippen LogP contribution is 2.29. The number of rotatable bonds is 6. The maximum Gasteiger partial charge on any atom is 0.273 e. The molecule has 2 aromatic carbocycles. The van der Waals surface area contributed by atoms with Crippen molar-refractivity contribution in [2.45, 2.75) is 25.7 Å². The van der Waals surface area contributed by atoms with E-state index < -0.39 is 11.4 Å². The summed E-state index contributed by atoms with van der Waals surface area (Å²) >= 11 is -0.111. The summed E-state index contributed by atoms with van der Waals surface area (Å²) < 4.78 is 22.4. The van der Waals surface area contributed by atoms with Crippen LogP contribution in [0.4, 0.5) is 11.4 Å². The monoisotopic (exact) mass is 466 g/mol. The van der Waals surface area contributed by atoms with Gasteiger partial charge in [-0.3, -0.25) is 4.79 Å². The number of fused-ring (bicyclic) bond motifs is 1. The fourth-order valence-corrected chi connectivity index (χ4v) is 5.31. The van der Waals surface area contributed by atoms with Crippen LogP contribution in [0, 0.1) is 20.8 Å². The smallest absolute Gasteiger partial charge is 0.273 e. The molecule has 164 valence electrons. The summed E-state index contributed by atoms with van der Waals surface area (Å²) in [4.78, 5) is 21.8. The molecule has 0 bridgehead atoms. The normalized spacial score (nSPS) is 11.9. The Bertz CT molecular complexity index is 1290. The lowest BCUT2D eigenvalue weighted by molar-refractivity contribution is 0.102. The summed E-state index contributed by atoms with van der Waals surface area (Å²) in [5, 5.41) is 3.77. The van der Waals surface area contributed by atoms with Gasteiger partial charge in [0.1, 0.15) is 11.4 Å². The largest absolute Gasteiger partial charge is 0.588 e. The van der Waals surface area contributed by atoms with E-state index in [1.54, 1.807) is 12.1 Å². The lowest BCUT2D eigenvalue weighted by atomic mass is 10.1. The van der Waals surface area contributed by atoms with Crippen LogP contribution in [0.25, 0.3) is 10.2 Å². The Hall–Kier alpha value is -3.14. The van der Waals surface area contributed by atoms with Crippen LogP contribution < -0.4 is 14.8 Å². The summed E-state index contributed by atoms with van der Waals surface area (Å²) in [6.45, 7) is 5.82. The Morgan fingerprint density at radius 3 is 2.59 bits per heavy atom. The first-order valence-electron chi connectivity index (χ1n) is 9.83. The summed E-state index contributed by atoms with van der Waals surface area (Å²) in [6.07, 6.45) is 1.48. The third kappa shape index (κ3) is 4.55. The first-order valence-corrected chi connectivity index (χ1v) is 11.8. The zero-order valence-corrected chi connectivity index (χ0v) is 19.7. The third-order valence-electron chi connectivity index (χ3n) is 4.90. The van der Waals surface area contributed by atoms with E-state index in [0.717, 1.165) is 32.0 Å². The van der Waals surface area contributed by atoms with Gasteiger partial charge in [-0.1, -0.05) is 18.2 Å². The fourth-order valence-electron chi connectivity index (χ4n) is 3.29. The topological polar surface area (TPSA) is 99.2 Å². The minimum Gasteiger partial charge on any atom is -0.588 e. The Kier molecular flexibility index (Phi) is 6.31. The summed E-state index contributed by atoms with van der Waals surface area (Å²) in [5.74, 6) is -0.0639. The molecule has 0 fully saturated rings. The molecule has 0 saturated heterocycles. The summed E-state index contributed by atoms with van der Waals surface area (Å²) in [6, 6.07) is 12.8. The number of methoxy groups -OCH3 is 1. The molecule has 9 heteroatoms. The molecule has 32 heavy (non-hydrogen) atoms. The number of hydrogen-bond donors (Lipinski definition) is 2. The van der Waals surface area contributed by atoms with Gasteiger partial charge < -0.3 is 14.6 Å². The molecule has 0 spiro atoms. The number of pyridine rings is 1. The average molecular weight is 467 g/mol. The number of hydrogen-bond acceptors (Lipinski definition) is 7. The number of benzene rings is 2. The van der Waals surface area contributed by atoms with Crippen LogP contribution in [-0.2, 0) is 11.4 Å². The maximum atomic E-state index is 13.1. The Balaban J connectivity index is 1.58. The van der Waals surface area contributed by atoms with Crippen LogP contribution in [0.3, 0.4) is 0 Å². The standard InChI is InChI=1S/C23H22N4O3S2/c1-13-6-5-7-14(2)21(13)27-32(29)20-11-17(12-24-23(20)30-4)26-22(28)16-8-9-18-19(10-16)31-15(3)25-18/h5-12,27H,1-4H3,(H,26,28). The minimum absolute atomic E-state index is 0.224. The van der Waals surface area contributed by atoms with Gasteiger partial charge in [-0.2, -0.15) is 0 Å². The second-order valence-corrected chi connectivity index (χ2v) is 9.65. The number of nitrogens with one attached hydrogen (secondary N) is 2. The third-order valence-corrected chi connectivity index (χ3v) is 6.92. The molecule has 0 saturated carbocycles. The van der Waals surface area contributed by atoms with E-state index in [-0.39, 0.29) is 11.8 Å². The van der Waals surface area contributed by atoms with Crippen molar-refractivity contribution in [3.8, 4) is 5.88 Å². The number of aryl methyl sites for hydroxylation is 3. The van der Waals surface area contributed by atoms with Crippen LogP contribution in [0.1, 0.15) is 26.5 Å². The van der Waals surface area contributed by atoms with Gasteiger partial charge in [0.2, 0.25) is 4.90 Å². The van der Waals surface area contributed by atoms with E-state index in [1.807, 2.05) is 51.1 Å². The van der Waals surface area contributed by atoms with Crippen molar-refractivity contribution >= 4 is 50.2 Å². The van der Waals surface area contributed by atoms with Crippen LogP contribution in [0.5, 0.6) is 5.88 Å². The van der Waals surface area contributed by atoms with Crippen molar-refractivity contribution in [2.75, 3.05) is 17.1 Å². The lowest BCUT2D eigenvalue weighted by Gasteiger charge is -2.17. The van der Waals surface area contributed by atoms with E-state index >= 15 is 0 Å². The van der Waals surface area contributed by atoms with Crippen LogP contribution >= 0.6 is 11.3 Å². The van der Waals surface area contributed by atoms with Gasteiger partial charge in [0.05, 0.1) is 39.9 Å². The van der Waals surface area contributed by atoms with E-state index in [9.17, 15) is 9.35 Å². The predicted octanol–water partition coefficient (Wildman–Crippen LogP) is 5.01. The number of anilines is 2. The van der Waals surface area contributed by atoms with E-state index in [4.69, 9.17) is 4.74 Å². The van der Waals surface area contributed by atoms with Crippen molar-refractivity contribution in [1.82, 2.24) is 9.97 Å². The number of ether oxygens (including phenoxy) is 1. The molecular formula is C23H22N4O3S2. The van der Waals surface area contributed by atoms with E-state index in [1.165, 1.54) is 24.6 Å². The Morgan fingerprint density at radius 1 is 1.12 bits per heavy atom. The van der Waals surface area contributed by atoms with Gasteiger partial charge in [-0.15, -0.1) is 11.3 Å². The molecule has 2 aromatic heterocycles. The molecule has 4 rings (SSSR count). The first-order chi connectivity index (χ1) is 15.4. The number of para-hydroxylation sites is 1. The molecule has 0 aliphatic heterocycles. The molecule has 0 aliphatic carbocycles. The highest BCUT2D eigenvalue weighted by Gasteiger charge is 2.23. The minimum atomic E-state index is -1.65. The average Bonchev–Trinajstić information content (AvgIpc) is 3.15. The number of nitrogens with zero attached hydrogens (tertiary/aromatic N) is 2. The molecule has 4 aromatic rings. The highest BCUT2D eigenvalue weighted by molar-refractivity contribution is 7.92. The molecule has 7 nitrogen and oxygen atoms in total. The molecule has 2 N–H and O–H groups in total. The molecule has 1 unspecified atom stereocenters. The van der Waals surface area contributed by atoms with Gasteiger partial charge >= 0.3 is 0 Å². The Labute approximate surface area is 193 Å². The number of carbonyl (C=O) groups is 1. The zero-order valence-electron chi connectivity index (χ0n) is 18.1. The zero-order chi connectivity index (χ0) is 22.8. The van der Waals surface area contributed by atoms with Crippen molar-refractivity contribution in [1.29, 1.82) is 0 Å². The molecule has 2 heterocycles. The van der Waals surface area contributed by atoms with Gasteiger partial charge in [0.25, 0.3) is 11.8 Å². The SMILES string of the molecule is COc1ncc(NC(=O)c2ccc3nc(C)sc3c2)cc1[S+]([O-])Nc1c(C)cccc1C. The number of carbonyl (C=O) groups excluding carboxylic acids is 1. The Morgan fingerprint density at radius 2 is 1.88 bits per heavy atom. The van der Waals surface area contributed by atoms with Gasteiger partial charge in [0, 0.05) is 11.6 Å². The van der Waals surface area contributed by atoms with Crippen LogP contribution in [-0.4, -0.2) is 27.5 Å². The summed E-state index contributed by atoms with van der Waals surface area (Å²) in [7, 11) is 1.46. The van der Waals surface area contributed by atoms with Crippen LogP contribution in [0.15, 0.2) is 53.6 Å². The molecule has 1 atom stereocenters. The van der Waals surface area contributed by atoms with Gasteiger partial charge in [-0.25, -0.2) is 14.7 Å². The first kappa shape index (κ1) is 22.1. The lowest BCUT2D eigenvalue weighted by Crippen LogP contribution is -2.17. The highest BCUT2D eigenvalue weighted by atomic mass is 32.2. The number of aromatic nitrogens is 2. The number of amides is 1. The fraction of sp³-hybridized carbons (Fsp3) is 0.174. The van der Waals surface area contributed by atoms with Gasteiger partial charge in [0.15, 0.2) is 0 Å². The van der Waals surface area contributed by atoms with Crippen molar-refractivity contribution in [3.05, 3.63) is 70.4 Å². The summed E-state index contributed by atoms with van der Waals surface area (Å²) in [5.41, 5.74) is 4.53. The predicted molar refractivity (Wildman–Crippen MR) is 129 cm³/mol. The van der Waals surface area contributed by atoms with Gasteiger partial charge in [-0.05, 0) is 50.1 Å². The van der Waals surface area contributed by atoms with Crippen molar-refractivity contribution < 1.29 is 14.1 Å². The van der Waals surface area contributed by atoms with Crippen molar-refractivity contribution in [2.24, 2.45) is 0 Å². The molecule has 0 aliphatic rings. The van der Waals surface area contributed by atoms with Crippen molar-refractivity contribution in [3.63, 3.8) is 0 Å². The maximum absolute atomic E-state index is 13.1.